The molecule has 130 valence electrons. The highest BCUT2D eigenvalue weighted by molar-refractivity contribution is 9.10. The Hall–Kier alpha value is -1.52. The molecule has 0 aliphatic carbocycles. The van der Waals surface area contributed by atoms with Crippen molar-refractivity contribution >= 4 is 31.8 Å². The number of aromatic nitrogens is 4. The normalized spacial score (nSPS) is 19.5. The zero-order valence-electron chi connectivity index (χ0n) is 13.3. The zero-order chi connectivity index (χ0) is 17.3. The van der Waals surface area contributed by atoms with Crippen LogP contribution in [0.3, 0.4) is 0 Å². The van der Waals surface area contributed by atoms with E-state index >= 15 is 0 Å². The quantitative estimate of drug-likeness (QED) is 0.813. The number of nitrogens with zero attached hydrogens (tertiary/aromatic N) is 5. The van der Waals surface area contributed by atoms with Gasteiger partial charge in [-0.05, 0) is 41.8 Å². The van der Waals surface area contributed by atoms with Gasteiger partial charge in [0.15, 0.2) is 0 Å². The highest BCUT2D eigenvalue weighted by Crippen LogP contribution is 2.31. The van der Waals surface area contributed by atoms with Crippen LogP contribution in [0.15, 0.2) is 28.0 Å². The van der Waals surface area contributed by atoms with Crippen molar-refractivity contribution in [2.45, 2.75) is 37.1 Å². The van der Waals surface area contributed by atoms with Crippen molar-refractivity contribution in [3.8, 4) is 0 Å². The van der Waals surface area contributed by atoms with E-state index in [9.17, 15) is 8.42 Å². The molecule has 0 bridgehead atoms. The maximum Gasteiger partial charge on any atom is 0.246 e. The van der Waals surface area contributed by atoms with E-state index in [2.05, 4.69) is 31.1 Å². The smallest absolute Gasteiger partial charge is 0.246 e. The van der Waals surface area contributed by atoms with Gasteiger partial charge in [0, 0.05) is 36.2 Å². The molecule has 1 atom stereocenters. The molecule has 24 heavy (non-hydrogen) atoms. The monoisotopic (exact) mass is 414 g/mol. The summed E-state index contributed by atoms with van der Waals surface area (Å²) in [4.78, 5) is 3.97. The van der Waals surface area contributed by atoms with E-state index in [0.29, 0.717) is 17.6 Å². The van der Waals surface area contributed by atoms with Crippen molar-refractivity contribution in [3.05, 3.63) is 28.9 Å². The number of nitrogen functional groups attached to an aromatic ring is 1. The number of aryl methyl sites for hydroxylation is 1. The van der Waals surface area contributed by atoms with Gasteiger partial charge in [0.05, 0.1) is 0 Å². The number of nitrogens with two attached hydrogens (primary N) is 1. The molecule has 3 rings (SSSR count). The Labute approximate surface area is 149 Å². The van der Waals surface area contributed by atoms with Crippen LogP contribution < -0.4 is 5.73 Å². The first kappa shape index (κ1) is 17.3. The van der Waals surface area contributed by atoms with Crippen LogP contribution in [-0.2, 0) is 16.6 Å². The van der Waals surface area contributed by atoms with Gasteiger partial charge < -0.3 is 10.3 Å². The molecule has 2 aromatic rings. The van der Waals surface area contributed by atoms with Crippen molar-refractivity contribution in [1.29, 1.82) is 0 Å². The van der Waals surface area contributed by atoms with Crippen molar-refractivity contribution in [2.75, 3.05) is 18.8 Å². The number of pyridine rings is 1. The molecule has 0 radical (unpaired) electrons. The third-order valence-corrected chi connectivity index (χ3v) is 6.53. The molecule has 1 aliphatic heterocycles. The van der Waals surface area contributed by atoms with E-state index in [4.69, 9.17) is 5.73 Å². The van der Waals surface area contributed by atoms with Crippen molar-refractivity contribution in [2.24, 2.45) is 0 Å². The summed E-state index contributed by atoms with van der Waals surface area (Å²) in [7, 11) is -3.70. The third kappa shape index (κ3) is 3.17. The van der Waals surface area contributed by atoms with Gasteiger partial charge in [-0.3, -0.25) is 0 Å². The first-order valence-electron chi connectivity index (χ1n) is 7.72. The highest BCUT2D eigenvalue weighted by atomic mass is 79.9. The second-order valence-electron chi connectivity index (χ2n) is 5.71. The molecule has 1 saturated heterocycles. The van der Waals surface area contributed by atoms with Crippen molar-refractivity contribution < 1.29 is 8.42 Å². The van der Waals surface area contributed by atoms with Crippen LogP contribution in [0.1, 0.15) is 31.5 Å². The molecule has 0 unspecified atom stereocenters. The average Bonchev–Trinajstić information content (AvgIpc) is 3.06. The second kappa shape index (κ2) is 6.77. The maximum absolute atomic E-state index is 13.0. The molecular weight excluding hydrogens is 396 g/mol. The van der Waals surface area contributed by atoms with Crippen LogP contribution in [0.5, 0.6) is 0 Å². The number of hydrogen-bond acceptors (Lipinski definition) is 6. The Bertz CT molecular complexity index is 838. The van der Waals surface area contributed by atoms with Gasteiger partial charge >= 0.3 is 0 Å². The molecule has 0 aromatic carbocycles. The van der Waals surface area contributed by atoms with Crippen LogP contribution in [0.4, 0.5) is 5.82 Å². The van der Waals surface area contributed by atoms with Gasteiger partial charge in [-0.25, -0.2) is 13.4 Å². The molecule has 2 aromatic heterocycles. The lowest BCUT2D eigenvalue weighted by Gasteiger charge is -2.31. The van der Waals surface area contributed by atoms with Crippen LogP contribution in [-0.4, -0.2) is 45.6 Å². The molecule has 0 amide bonds. The summed E-state index contributed by atoms with van der Waals surface area (Å²) in [6.07, 6.45) is 4.81. The maximum atomic E-state index is 13.0. The van der Waals surface area contributed by atoms with E-state index in [0.717, 1.165) is 25.2 Å². The lowest BCUT2D eigenvalue weighted by atomic mass is 9.99. The highest BCUT2D eigenvalue weighted by Gasteiger charge is 2.34. The fourth-order valence-electron chi connectivity index (χ4n) is 2.97. The van der Waals surface area contributed by atoms with Crippen LogP contribution in [0.25, 0.3) is 0 Å². The third-order valence-electron chi connectivity index (χ3n) is 4.20. The summed E-state index contributed by atoms with van der Waals surface area (Å²) in [5.41, 5.74) is 5.79. The minimum absolute atomic E-state index is 0.0112. The molecule has 1 aliphatic rings. The Balaban J connectivity index is 1.90. The molecule has 3 heterocycles. The van der Waals surface area contributed by atoms with Gasteiger partial charge in [-0.15, -0.1) is 10.2 Å². The van der Waals surface area contributed by atoms with Crippen LogP contribution in [0, 0.1) is 0 Å². The van der Waals surface area contributed by atoms with E-state index in [-0.39, 0.29) is 16.6 Å². The number of piperidine rings is 1. The van der Waals surface area contributed by atoms with Crippen molar-refractivity contribution in [3.63, 3.8) is 0 Å². The second-order valence-corrected chi connectivity index (χ2v) is 8.54. The largest absolute Gasteiger partial charge is 0.383 e. The van der Waals surface area contributed by atoms with E-state index in [1.54, 1.807) is 6.33 Å². The van der Waals surface area contributed by atoms with Gasteiger partial charge in [0.1, 0.15) is 22.9 Å². The number of anilines is 1. The predicted octanol–water partition coefficient (Wildman–Crippen LogP) is 1.61. The summed E-state index contributed by atoms with van der Waals surface area (Å²) < 4.78 is 29.9. The lowest BCUT2D eigenvalue weighted by molar-refractivity contribution is 0.305. The van der Waals surface area contributed by atoms with Gasteiger partial charge in [0.25, 0.3) is 0 Å². The summed E-state index contributed by atoms with van der Waals surface area (Å²) in [6.45, 7) is 3.60. The summed E-state index contributed by atoms with van der Waals surface area (Å²) in [6, 6.07) is 1.50. The van der Waals surface area contributed by atoms with Crippen LogP contribution >= 0.6 is 15.9 Å². The Morgan fingerprint density at radius 1 is 1.46 bits per heavy atom. The standard InChI is InChI=1S/C14H19BrN6O2S/c1-2-20-9-18-19-14(20)10-4-3-5-21(8-10)24(22,23)12-6-11(15)7-17-13(12)16/h6-7,9-10H,2-5,8H2,1H3,(H2,16,17)/t10-/m0/s1. The number of hydrogen-bond donors (Lipinski definition) is 1. The molecule has 1 fully saturated rings. The molecule has 0 spiro atoms. The zero-order valence-corrected chi connectivity index (χ0v) is 15.7. The fourth-order valence-corrected chi connectivity index (χ4v) is 5.07. The lowest BCUT2D eigenvalue weighted by Crippen LogP contribution is -2.40. The Morgan fingerprint density at radius 3 is 3.00 bits per heavy atom. The van der Waals surface area contributed by atoms with E-state index < -0.39 is 10.0 Å². The summed E-state index contributed by atoms with van der Waals surface area (Å²) in [5.74, 6) is 0.868. The van der Waals surface area contributed by atoms with E-state index in [1.807, 2.05) is 11.5 Å². The van der Waals surface area contributed by atoms with Gasteiger partial charge in [-0.2, -0.15) is 4.31 Å². The predicted molar refractivity (Wildman–Crippen MR) is 92.8 cm³/mol. The minimum Gasteiger partial charge on any atom is -0.383 e. The summed E-state index contributed by atoms with van der Waals surface area (Å²) >= 11 is 3.25. The molecule has 0 saturated carbocycles. The van der Waals surface area contributed by atoms with E-state index in [1.165, 1.54) is 16.6 Å². The SMILES string of the molecule is CCn1cnnc1[C@H]1CCCN(S(=O)(=O)c2cc(Br)cnc2N)C1. The average molecular weight is 415 g/mol. The number of sulfonamides is 1. The minimum atomic E-state index is -3.70. The molecular formula is C14H19BrN6O2S. The van der Waals surface area contributed by atoms with Crippen LogP contribution in [0.2, 0.25) is 0 Å². The Kier molecular flexibility index (Phi) is 4.88. The first-order chi connectivity index (χ1) is 11.4. The number of halogens is 1. The Morgan fingerprint density at radius 2 is 2.25 bits per heavy atom. The first-order valence-corrected chi connectivity index (χ1v) is 9.95. The summed E-state index contributed by atoms with van der Waals surface area (Å²) in [5, 5.41) is 8.13. The molecule has 2 N–H and O–H groups in total. The van der Waals surface area contributed by atoms with Crippen molar-refractivity contribution in [1.82, 2.24) is 24.1 Å². The molecule has 10 heteroatoms. The number of rotatable bonds is 4. The fraction of sp³-hybridized carbons (Fsp3) is 0.500. The van der Waals surface area contributed by atoms with Gasteiger partial charge in [-0.1, -0.05) is 0 Å². The van der Waals surface area contributed by atoms with Gasteiger partial charge in [0.2, 0.25) is 10.0 Å². The topological polar surface area (TPSA) is 107 Å². The molecule has 8 nitrogen and oxygen atoms in total.